The summed E-state index contributed by atoms with van der Waals surface area (Å²) in [6.45, 7) is -0.154. The van der Waals surface area contributed by atoms with Gasteiger partial charge >= 0.3 is 5.69 Å². The summed E-state index contributed by atoms with van der Waals surface area (Å²) in [5.74, 6) is 0. The van der Waals surface area contributed by atoms with Crippen molar-refractivity contribution in [1.82, 2.24) is 19.4 Å². The van der Waals surface area contributed by atoms with Gasteiger partial charge in [-0.1, -0.05) is 47.5 Å². The Bertz CT molecular complexity index is 1230. The van der Waals surface area contributed by atoms with E-state index in [9.17, 15) is 4.79 Å². The number of nitrogens with zero attached hydrogens (tertiary/aromatic N) is 5. The Morgan fingerprint density at radius 1 is 0.963 bits per heavy atom. The van der Waals surface area contributed by atoms with E-state index in [0.29, 0.717) is 15.7 Å². The van der Waals surface area contributed by atoms with E-state index in [-0.39, 0.29) is 6.54 Å². The van der Waals surface area contributed by atoms with Crippen LogP contribution in [-0.2, 0) is 6.54 Å². The van der Waals surface area contributed by atoms with Crippen molar-refractivity contribution in [3.63, 3.8) is 0 Å². The first-order chi connectivity index (χ1) is 13.1. The molecule has 27 heavy (non-hydrogen) atoms. The van der Waals surface area contributed by atoms with Crippen molar-refractivity contribution < 1.29 is 0 Å². The van der Waals surface area contributed by atoms with E-state index in [1.54, 1.807) is 30.5 Å². The number of aromatic nitrogens is 4. The maximum absolute atomic E-state index is 12.5. The molecule has 0 aliphatic heterocycles. The molecule has 0 bridgehead atoms. The predicted molar refractivity (Wildman–Crippen MR) is 104 cm³/mol. The highest BCUT2D eigenvalue weighted by molar-refractivity contribution is 6.31. The van der Waals surface area contributed by atoms with Crippen LogP contribution in [0.3, 0.4) is 0 Å². The molecule has 0 unspecified atom stereocenters. The van der Waals surface area contributed by atoms with Gasteiger partial charge in [-0.2, -0.15) is 19.6 Å². The summed E-state index contributed by atoms with van der Waals surface area (Å²) < 4.78 is 2.29. The minimum absolute atomic E-state index is 0.154. The zero-order chi connectivity index (χ0) is 19.0. The standard InChI is InChI=1S/C19H11Cl2N5O/c20-14-5-1-12(2-6-14)16-11-23-26-18(24-25(10-9-22)19(26)27)17(16)13-3-7-15(21)8-4-13/h1-8,11H,10H2. The number of rotatable bonds is 3. The smallest absolute Gasteiger partial charge is 0.244 e. The Kier molecular flexibility index (Phi) is 4.40. The van der Waals surface area contributed by atoms with Gasteiger partial charge in [-0.3, -0.25) is 0 Å². The maximum Gasteiger partial charge on any atom is 0.368 e. The molecule has 0 aliphatic carbocycles. The lowest BCUT2D eigenvalue weighted by molar-refractivity contribution is 0.670. The van der Waals surface area contributed by atoms with Crippen LogP contribution >= 0.6 is 23.2 Å². The van der Waals surface area contributed by atoms with Crippen molar-refractivity contribution in [2.45, 2.75) is 6.54 Å². The Morgan fingerprint density at radius 3 is 2.15 bits per heavy atom. The number of halogens is 2. The highest BCUT2D eigenvalue weighted by Gasteiger charge is 2.18. The van der Waals surface area contributed by atoms with Crippen molar-refractivity contribution in [3.05, 3.63) is 75.3 Å². The van der Waals surface area contributed by atoms with Gasteiger partial charge in [0.15, 0.2) is 5.65 Å². The van der Waals surface area contributed by atoms with Crippen LogP contribution in [0.2, 0.25) is 10.0 Å². The molecule has 8 heteroatoms. The van der Waals surface area contributed by atoms with Gasteiger partial charge in [-0.15, -0.1) is 5.10 Å². The highest BCUT2D eigenvalue weighted by Crippen LogP contribution is 2.34. The second-order valence-electron chi connectivity index (χ2n) is 5.78. The summed E-state index contributed by atoms with van der Waals surface area (Å²) in [4.78, 5) is 12.5. The van der Waals surface area contributed by atoms with Crippen LogP contribution in [0.15, 0.2) is 59.5 Å². The summed E-state index contributed by atoms with van der Waals surface area (Å²) in [6.07, 6.45) is 1.61. The molecule has 4 rings (SSSR count). The van der Waals surface area contributed by atoms with Gasteiger partial charge in [-0.05, 0) is 35.4 Å². The zero-order valence-electron chi connectivity index (χ0n) is 13.8. The third kappa shape index (κ3) is 3.08. The van der Waals surface area contributed by atoms with Crippen molar-refractivity contribution >= 4 is 28.8 Å². The van der Waals surface area contributed by atoms with Crippen LogP contribution in [0.5, 0.6) is 0 Å². The van der Waals surface area contributed by atoms with E-state index in [0.717, 1.165) is 26.9 Å². The van der Waals surface area contributed by atoms with E-state index < -0.39 is 5.69 Å². The molecule has 0 amide bonds. The molecule has 0 spiro atoms. The zero-order valence-corrected chi connectivity index (χ0v) is 15.3. The normalized spacial score (nSPS) is 10.9. The van der Waals surface area contributed by atoms with Gasteiger partial charge < -0.3 is 0 Å². The lowest BCUT2D eigenvalue weighted by atomic mass is 9.97. The lowest BCUT2D eigenvalue weighted by Crippen LogP contribution is -2.21. The third-order valence-corrected chi connectivity index (χ3v) is 4.63. The molecule has 0 saturated heterocycles. The quantitative estimate of drug-likeness (QED) is 0.524. The van der Waals surface area contributed by atoms with Crippen LogP contribution in [0.1, 0.15) is 0 Å². The van der Waals surface area contributed by atoms with Crippen LogP contribution in [0, 0.1) is 11.3 Å². The molecule has 2 heterocycles. The fourth-order valence-electron chi connectivity index (χ4n) is 2.88. The Labute approximate surface area is 163 Å². The molecule has 2 aromatic heterocycles. The second-order valence-corrected chi connectivity index (χ2v) is 6.65. The lowest BCUT2D eigenvalue weighted by Gasteiger charge is -2.11. The SMILES string of the molecule is N#CCn1nc2c(-c3ccc(Cl)cc3)c(-c3ccc(Cl)cc3)cnn2c1=O. The van der Waals surface area contributed by atoms with Crippen LogP contribution in [0.4, 0.5) is 0 Å². The van der Waals surface area contributed by atoms with Gasteiger partial charge in [-0.25, -0.2) is 4.79 Å². The first-order valence-corrected chi connectivity index (χ1v) is 8.72. The molecule has 0 N–H and O–H groups in total. The molecule has 0 radical (unpaired) electrons. The summed E-state index contributed by atoms with van der Waals surface area (Å²) in [6, 6.07) is 16.5. The predicted octanol–water partition coefficient (Wildman–Crippen LogP) is 4.06. The number of hydrogen-bond donors (Lipinski definition) is 0. The van der Waals surface area contributed by atoms with E-state index >= 15 is 0 Å². The number of hydrogen-bond acceptors (Lipinski definition) is 4. The Balaban J connectivity index is 2.07. The average Bonchev–Trinajstić information content (AvgIpc) is 2.99. The summed E-state index contributed by atoms with van der Waals surface area (Å²) in [5.41, 5.74) is 3.11. The van der Waals surface area contributed by atoms with Crippen LogP contribution in [-0.4, -0.2) is 19.4 Å². The summed E-state index contributed by atoms with van der Waals surface area (Å²) in [7, 11) is 0. The minimum Gasteiger partial charge on any atom is -0.244 e. The molecule has 132 valence electrons. The average molecular weight is 396 g/mol. The molecular weight excluding hydrogens is 385 g/mol. The van der Waals surface area contributed by atoms with E-state index in [1.165, 1.54) is 4.52 Å². The Morgan fingerprint density at radius 2 is 1.56 bits per heavy atom. The molecule has 0 atom stereocenters. The van der Waals surface area contributed by atoms with Crippen molar-refractivity contribution in [3.8, 4) is 28.3 Å². The molecule has 2 aromatic carbocycles. The largest absolute Gasteiger partial charge is 0.368 e. The van der Waals surface area contributed by atoms with Gasteiger partial charge in [0.1, 0.15) is 6.54 Å². The molecule has 4 aromatic rings. The first-order valence-electron chi connectivity index (χ1n) is 7.96. The van der Waals surface area contributed by atoms with E-state index in [1.807, 2.05) is 30.3 Å². The van der Waals surface area contributed by atoms with Gasteiger partial charge in [0, 0.05) is 21.2 Å². The highest BCUT2D eigenvalue weighted by atomic mass is 35.5. The van der Waals surface area contributed by atoms with E-state index in [4.69, 9.17) is 28.5 Å². The van der Waals surface area contributed by atoms with Crippen molar-refractivity contribution in [1.29, 1.82) is 5.26 Å². The van der Waals surface area contributed by atoms with E-state index in [2.05, 4.69) is 10.2 Å². The van der Waals surface area contributed by atoms with Gasteiger partial charge in [0.25, 0.3) is 0 Å². The number of nitriles is 1. The molecule has 6 nitrogen and oxygen atoms in total. The fraction of sp³-hybridized carbons (Fsp3) is 0.0526. The van der Waals surface area contributed by atoms with Crippen molar-refractivity contribution in [2.75, 3.05) is 0 Å². The van der Waals surface area contributed by atoms with Crippen LogP contribution < -0.4 is 5.69 Å². The maximum atomic E-state index is 12.5. The summed E-state index contributed by atoms with van der Waals surface area (Å²) in [5, 5.41) is 18.7. The van der Waals surface area contributed by atoms with Gasteiger partial charge in [0.05, 0.1) is 12.3 Å². The monoisotopic (exact) mass is 395 g/mol. The Hall–Kier alpha value is -3.14. The number of benzene rings is 2. The first kappa shape index (κ1) is 17.3. The molecule has 0 fully saturated rings. The van der Waals surface area contributed by atoms with Crippen molar-refractivity contribution in [2.24, 2.45) is 0 Å². The minimum atomic E-state index is -0.468. The number of fused-ring (bicyclic) bond motifs is 1. The molecular formula is C19H11Cl2N5O. The molecule has 0 aliphatic rings. The summed E-state index contributed by atoms with van der Waals surface area (Å²) >= 11 is 12.0. The fourth-order valence-corrected chi connectivity index (χ4v) is 3.13. The molecule has 0 saturated carbocycles. The topological polar surface area (TPSA) is 76.0 Å². The van der Waals surface area contributed by atoms with Crippen LogP contribution in [0.25, 0.3) is 27.9 Å². The second kappa shape index (κ2) is 6.88. The van der Waals surface area contributed by atoms with Gasteiger partial charge in [0.2, 0.25) is 0 Å². The third-order valence-electron chi connectivity index (χ3n) is 4.12.